The molecule has 0 aromatic rings. The van der Waals surface area contributed by atoms with E-state index in [-0.39, 0.29) is 0 Å². The molecule has 0 aliphatic rings. The maximum absolute atomic E-state index is 4.14. The standard InChI is InChI=1S/C19H39Br/c1-4-7-10-13-16-19(20,17-14-11-8-5-2)18-15-12-9-6-3/h4-18H2,1-3H3. The van der Waals surface area contributed by atoms with Gasteiger partial charge in [0.1, 0.15) is 0 Å². The summed E-state index contributed by atoms with van der Waals surface area (Å²) in [6, 6.07) is 0. The highest BCUT2D eigenvalue weighted by atomic mass is 79.9. The topological polar surface area (TPSA) is 0 Å². The maximum atomic E-state index is 4.14. The highest BCUT2D eigenvalue weighted by molar-refractivity contribution is 9.10. The lowest BCUT2D eigenvalue weighted by Gasteiger charge is -2.28. The van der Waals surface area contributed by atoms with Crippen LogP contribution in [0.5, 0.6) is 0 Å². The normalized spacial score (nSPS) is 12.0. The van der Waals surface area contributed by atoms with E-state index in [1.54, 1.807) is 0 Å². The zero-order valence-corrected chi connectivity index (χ0v) is 16.1. The van der Waals surface area contributed by atoms with Gasteiger partial charge in [0.2, 0.25) is 0 Å². The Morgan fingerprint density at radius 1 is 0.500 bits per heavy atom. The van der Waals surface area contributed by atoms with Crippen LogP contribution >= 0.6 is 15.9 Å². The zero-order chi connectivity index (χ0) is 15.1. The zero-order valence-electron chi connectivity index (χ0n) is 14.5. The highest BCUT2D eigenvalue weighted by Gasteiger charge is 2.24. The summed E-state index contributed by atoms with van der Waals surface area (Å²) in [4.78, 5) is 0. The molecule has 0 saturated carbocycles. The third kappa shape index (κ3) is 12.2. The average Bonchev–Trinajstić information content (AvgIpc) is 2.45. The van der Waals surface area contributed by atoms with Crippen molar-refractivity contribution in [3.63, 3.8) is 0 Å². The number of hydrogen-bond donors (Lipinski definition) is 0. The van der Waals surface area contributed by atoms with Crippen LogP contribution in [0.25, 0.3) is 0 Å². The Balaban J connectivity index is 3.98. The third-order valence-corrected chi connectivity index (χ3v) is 5.62. The molecule has 0 fully saturated rings. The maximum Gasteiger partial charge on any atom is 0.0258 e. The van der Waals surface area contributed by atoms with Gasteiger partial charge in [-0.3, -0.25) is 0 Å². The minimum atomic E-state index is 0.461. The van der Waals surface area contributed by atoms with Gasteiger partial charge in [-0.15, -0.1) is 0 Å². The predicted molar refractivity (Wildman–Crippen MR) is 97.9 cm³/mol. The first-order valence-corrected chi connectivity index (χ1v) is 10.2. The first-order valence-electron chi connectivity index (χ1n) is 9.37. The summed E-state index contributed by atoms with van der Waals surface area (Å²) in [6.07, 6.45) is 21.0. The Bertz CT molecular complexity index is 157. The molecule has 0 amide bonds. The second-order valence-electron chi connectivity index (χ2n) is 6.58. The molecule has 0 aliphatic carbocycles. The molecule has 0 N–H and O–H groups in total. The largest absolute Gasteiger partial charge is 0.0853 e. The van der Waals surface area contributed by atoms with Crippen LogP contribution in [-0.4, -0.2) is 4.32 Å². The molecule has 0 heterocycles. The molecule has 0 aliphatic heterocycles. The van der Waals surface area contributed by atoms with Crippen molar-refractivity contribution in [2.75, 3.05) is 0 Å². The molecule has 0 saturated heterocycles. The van der Waals surface area contributed by atoms with E-state index in [0.717, 1.165) is 0 Å². The van der Waals surface area contributed by atoms with Gasteiger partial charge in [-0.05, 0) is 19.3 Å². The Morgan fingerprint density at radius 2 is 0.800 bits per heavy atom. The first kappa shape index (κ1) is 20.5. The quantitative estimate of drug-likeness (QED) is 0.208. The summed E-state index contributed by atoms with van der Waals surface area (Å²) in [5.74, 6) is 0. The van der Waals surface area contributed by atoms with Crippen LogP contribution in [0.1, 0.15) is 117 Å². The summed E-state index contributed by atoms with van der Waals surface area (Å²) in [5.41, 5.74) is 0. The molecule has 0 nitrogen and oxygen atoms in total. The van der Waals surface area contributed by atoms with Crippen molar-refractivity contribution < 1.29 is 0 Å². The van der Waals surface area contributed by atoms with Crippen molar-refractivity contribution in [1.29, 1.82) is 0 Å². The Morgan fingerprint density at radius 3 is 1.05 bits per heavy atom. The van der Waals surface area contributed by atoms with Crippen LogP contribution in [0.4, 0.5) is 0 Å². The van der Waals surface area contributed by atoms with Crippen molar-refractivity contribution in [3.05, 3.63) is 0 Å². The van der Waals surface area contributed by atoms with E-state index >= 15 is 0 Å². The van der Waals surface area contributed by atoms with Crippen molar-refractivity contribution in [3.8, 4) is 0 Å². The fourth-order valence-corrected chi connectivity index (χ4v) is 3.82. The van der Waals surface area contributed by atoms with Crippen LogP contribution < -0.4 is 0 Å². The van der Waals surface area contributed by atoms with Gasteiger partial charge in [-0.25, -0.2) is 0 Å². The summed E-state index contributed by atoms with van der Waals surface area (Å²) in [5, 5.41) is 0. The van der Waals surface area contributed by atoms with Gasteiger partial charge in [0.25, 0.3) is 0 Å². The second kappa shape index (κ2) is 14.4. The number of rotatable bonds is 15. The highest BCUT2D eigenvalue weighted by Crippen LogP contribution is 2.36. The number of unbranched alkanes of at least 4 members (excludes halogenated alkanes) is 9. The van der Waals surface area contributed by atoms with Gasteiger partial charge in [0, 0.05) is 4.32 Å². The number of halogens is 1. The second-order valence-corrected chi connectivity index (χ2v) is 8.27. The van der Waals surface area contributed by atoms with Gasteiger partial charge in [0.15, 0.2) is 0 Å². The molecule has 20 heavy (non-hydrogen) atoms. The van der Waals surface area contributed by atoms with Crippen molar-refractivity contribution in [2.45, 2.75) is 121 Å². The van der Waals surface area contributed by atoms with Gasteiger partial charge >= 0.3 is 0 Å². The molecule has 0 rings (SSSR count). The lowest BCUT2D eigenvalue weighted by Crippen LogP contribution is -2.20. The van der Waals surface area contributed by atoms with E-state index in [0.29, 0.717) is 4.32 Å². The Kier molecular flexibility index (Phi) is 14.8. The molecular weight excluding hydrogens is 308 g/mol. The van der Waals surface area contributed by atoms with Crippen molar-refractivity contribution in [1.82, 2.24) is 0 Å². The van der Waals surface area contributed by atoms with Crippen LogP contribution in [0.2, 0.25) is 0 Å². The Hall–Kier alpha value is 0.480. The van der Waals surface area contributed by atoms with Crippen LogP contribution in [0, 0.1) is 0 Å². The monoisotopic (exact) mass is 346 g/mol. The summed E-state index contributed by atoms with van der Waals surface area (Å²) in [7, 11) is 0. The van der Waals surface area contributed by atoms with Gasteiger partial charge in [0.05, 0.1) is 0 Å². The molecule has 0 bridgehead atoms. The van der Waals surface area contributed by atoms with Gasteiger partial charge in [-0.2, -0.15) is 0 Å². The fourth-order valence-electron chi connectivity index (χ4n) is 2.98. The van der Waals surface area contributed by atoms with Crippen molar-refractivity contribution in [2.24, 2.45) is 0 Å². The van der Waals surface area contributed by atoms with Crippen LogP contribution in [0.15, 0.2) is 0 Å². The molecule has 122 valence electrons. The molecule has 0 radical (unpaired) electrons. The van der Waals surface area contributed by atoms with E-state index in [1.807, 2.05) is 0 Å². The van der Waals surface area contributed by atoms with E-state index in [9.17, 15) is 0 Å². The molecule has 0 spiro atoms. The average molecular weight is 347 g/mol. The first-order chi connectivity index (χ1) is 9.68. The lowest BCUT2D eigenvalue weighted by atomic mass is 9.89. The van der Waals surface area contributed by atoms with Crippen molar-refractivity contribution >= 4 is 15.9 Å². The van der Waals surface area contributed by atoms with Crippen LogP contribution in [-0.2, 0) is 0 Å². The van der Waals surface area contributed by atoms with Gasteiger partial charge < -0.3 is 0 Å². The smallest absolute Gasteiger partial charge is 0.0258 e. The van der Waals surface area contributed by atoms with Crippen LogP contribution in [0.3, 0.4) is 0 Å². The minimum absolute atomic E-state index is 0.461. The summed E-state index contributed by atoms with van der Waals surface area (Å²) in [6.45, 7) is 6.91. The predicted octanol–water partition coefficient (Wildman–Crippen LogP) is 8.03. The molecule has 0 atom stereocenters. The molecular formula is C19H39Br. The SMILES string of the molecule is CCCCCCC(Br)(CCCCCC)CCCCCC. The van der Waals surface area contributed by atoms with E-state index in [1.165, 1.54) is 96.3 Å². The molecule has 0 aromatic carbocycles. The molecule has 0 aromatic heterocycles. The summed E-state index contributed by atoms with van der Waals surface area (Å²) < 4.78 is 0.461. The molecule has 1 heteroatoms. The number of hydrogen-bond acceptors (Lipinski definition) is 0. The fraction of sp³-hybridized carbons (Fsp3) is 1.00. The third-order valence-electron chi connectivity index (χ3n) is 4.44. The van der Waals surface area contributed by atoms with E-state index < -0.39 is 0 Å². The lowest BCUT2D eigenvalue weighted by molar-refractivity contribution is 0.415. The van der Waals surface area contributed by atoms with E-state index in [4.69, 9.17) is 0 Å². The van der Waals surface area contributed by atoms with E-state index in [2.05, 4.69) is 36.7 Å². The van der Waals surface area contributed by atoms with Gasteiger partial charge in [-0.1, -0.05) is 114 Å². The summed E-state index contributed by atoms with van der Waals surface area (Å²) >= 11 is 4.14. The Labute approximate surface area is 137 Å². The molecule has 0 unspecified atom stereocenters. The number of alkyl halides is 1. The minimum Gasteiger partial charge on any atom is -0.0853 e.